The third-order valence-electron chi connectivity index (χ3n) is 5.37. The van der Waals surface area contributed by atoms with Crippen molar-refractivity contribution in [3.05, 3.63) is 63.6 Å². The molecule has 0 saturated carbocycles. The molecule has 2 heterocycles. The number of anilines is 5. The minimum Gasteiger partial charge on any atom is -0.382 e. The van der Waals surface area contributed by atoms with Crippen molar-refractivity contribution in [3.8, 4) is 0 Å². The molecular weight excluding hydrogens is 488 g/mol. The van der Waals surface area contributed by atoms with Crippen molar-refractivity contribution < 1.29 is 13.2 Å². The van der Waals surface area contributed by atoms with E-state index in [1.807, 2.05) is 0 Å². The van der Waals surface area contributed by atoms with Gasteiger partial charge in [0.2, 0.25) is 5.95 Å². The molecule has 1 aliphatic heterocycles. The maximum atomic E-state index is 13.1. The highest BCUT2D eigenvalue weighted by atomic mass is 35.5. The largest absolute Gasteiger partial charge is 0.416 e. The van der Waals surface area contributed by atoms with Crippen LogP contribution in [0.5, 0.6) is 0 Å². The van der Waals surface area contributed by atoms with Gasteiger partial charge < -0.3 is 21.3 Å². The van der Waals surface area contributed by atoms with Gasteiger partial charge in [-0.1, -0.05) is 43.1 Å². The fourth-order valence-corrected chi connectivity index (χ4v) is 4.30. The average molecular weight is 511 g/mol. The zero-order valence-electron chi connectivity index (χ0n) is 18.4. The molecule has 0 radical (unpaired) electrons. The average Bonchev–Trinajstić information content (AvgIpc) is 3.13. The van der Waals surface area contributed by atoms with Crippen LogP contribution >= 0.6 is 23.2 Å². The Morgan fingerprint density at radius 3 is 2.32 bits per heavy atom. The van der Waals surface area contributed by atoms with Gasteiger partial charge in [-0.2, -0.15) is 23.1 Å². The lowest BCUT2D eigenvalue weighted by Gasteiger charge is -2.28. The Morgan fingerprint density at radius 2 is 1.74 bits per heavy atom. The number of fused-ring (bicyclic) bond motifs is 1. The number of aromatic nitrogens is 2. The predicted molar refractivity (Wildman–Crippen MR) is 131 cm³/mol. The zero-order valence-corrected chi connectivity index (χ0v) is 19.9. The Bertz CT molecular complexity index is 1160. The fraction of sp³-hybridized carbons (Fsp3) is 0.304. The number of rotatable bonds is 6. The van der Waals surface area contributed by atoms with Crippen molar-refractivity contribution in [2.75, 3.05) is 27.8 Å². The van der Waals surface area contributed by atoms with Gasteiger partial charge in [-0.15, -0.1) is 0 Å². The molecule has 34 heavy (non-hydrogen) atoms. The van der Waals surface area contributed by atoms with Crippen molar-refractivity contribution in [2.24, 2.45) is 5.92 Å². The van der Waals surface area contributed by atoms with E-state index >= 15 is 0 Å². The Balaban J connectivity index is 1.76. The summed E-state index contributed by atoms with van der Waals surface area (Å²) in [5.74, 6) is 1.38. The van der Waals surface area contributed by atoms with E-state index in [0.29, 0.717) is 57.6 Å². The quantitative estimate of drug-likeness (QED) is 0.347. The standard InChI is InChI=1S/C23H23Cl2F3N6/c1-12(2)11-30-22-32-20(29)19-21(33-22)31-18(10-15-16(24)4-3-5-17(15)25)34(19)14-8-6-13(7-9-14)23(26,27)28/h3-9,12,18H,10-11H2,1-2H3,(H4,29,30,31,32,33). The van der Waals surface area contributed by atoms with E-state index in [-0.39, 0.29) is 5.82 Å². The van der Waals surface area contributed by atoms with Crippen LogP contribution in [0, 0.1) is 5.92 Å². The first-order valence-corrected chi connectivity index (χ1v) is 11.4. The Morgan fingerprint density at radius 1 is 1.09 bits per heavy atom. The first kappa shape index (κ1) is 24.2. The summed E-state index contributed by atoms with van der Waals surface area (Å²) in [6.07, 6.45) is -4.57. The van der Waals surface area contributed by atoms with Gasteiger partial charge in [-0.25, -0.2) is 0 Å². The van der Waals surface area contributed by atoms with Crippen LogP contribution in [0.3, 0.4) is 0 Å². The summed E-state index contributed by atoms with van der Waals surface area (Å²) in [5, 5.41) is 7.43. The Hall–Kier alpha value is -2.91. The van der Waals surface area contributed by atoms with Crippen LogP contribution in [0.25, 0.3) is 0 Å². The molecule has 0 saturated heterocycles. The summed E-state index contributed by atoms with van der Waals surface area (Å²) in [6, 6.07) is 10.1. The van der Waals surface area contributed by atoms with E-state index in [1.54, 1.807) is 23.1 Å². The van der Waals surface area contributed by atoms with Crippen LogP contribution in [-0.4, -0.2) is 22.7 Å². The van der Waals surface area contributed by atoms with Crippen molar-refractivity contribution in [1.29, 1.82) is 0 Å². The van der Waals surface area contributed by atoms with Gasteiger partial charge in [0.05, 0.1) is 5.56 Å². The molecule has 6 nitrogen and oxygen atoms in total. The second-order valence-corrected chi connectivity index (χ2v) is 9.20. The molecular formula is C23H23Cl2F3N6. The maximum absolute atomic E-state index is 13.1. The maximum Gasteiger partial charge on any atom is 0.416 e. The van der Waals surface area contributed by atoms with Gasteiger partial charge in [0.25, 0.3) is 0 Å². The third kappa shape index (κ3) is 4.95. The molecule has 0 aliphatic carbocycles. The van der Waals surface area contributed by atoms with Gasteiger partial charge in [0.1, 0.15) is 11.9 Å². The molecule has 1 aromatic heterocycles. The first-order chi connectivity index (χ1) is 16.0. The van der Waals surface area contributed by atoms with Crippen molar-refractivity contribution in [3.63, 3.8) is 0 Å². The van der Waals surface area contributed by atoms with Crippen LogP contribution < -0.4 is 21.3 Å². The van der Waals surface area contributed by atoms with E-state index in [1.165, 1.54) is 12.1 Å². The van der Waals surface area contributed by atoms with Crippen LogP contribution in [0.15, 0.2) is 42.5 Å². The van der Waals surface area contributed by atoms with Crippen LogP contribution in [0.1, 0.15) is 25.0 Å². The highest BCUT2D eigenvalue weighted by Crippen LogP contribution is 2.45. The van der Waals surface area contributed by atoms with Crippen molar-refractivity contribution in [2.45, 2.75) is 32.6 Å². The molecule has 180 valence electrons. The highest BCUT2D eigenvalue weighted by molar-refractivity contribution is 6.36. The van der Waals surface area contributed by atoms with E-state index in [9.17, 15) is 13.2 Å². The van der Waals surface area contributed by atoms with E-state index in [4.69, 9.17) is 28.9 Å². The Labute approximate surface area is 205 Å². The van der Waals surface area contributed by atoms with E-state index in [2.05, 4.69) is 34.4 Å². The molecule has 0 spiro atoms. The molecule has 0 fully saturated rings. The number of hydrogen-bond acceptors (Lipinski definition) is 6. The SMILES string of the molecule is CC(C)CNc1nc(N)c2c(n1)NC(Cc1c(Cl)cccc1Cl)N2c1ccc(C(F)(F)F)cc1. The minimum absolute atomic E-state index is 0.191. The van der Waals surface area contributed by atoms with Gasteiger partial charge in [-0.3, -0.25) is 0 Å². The molecule has 4 rings (SSSR count). The zero-order chi connectivity index (χ0) is 24.6. The number of nitrogen functional groups attached to an aromatic ring is 1. The van der Waals surface area contributed by atoms with Gasteiger partial charge in [0.15, 0.2) is 11.6 Å². The van der Waals surface area contributed by atoms with Gasteiger partial charge >= 0.3 is 6.18 Å². The summed E-state index contributed by atoms with van der Waals surface area (Å²) in [6.45, 7) is 4.76. The van der Waals surface area contributed by atoms with E-state index < -0.39 is 17.9 Å². The summed E-state index contributed by atoms with van der Waals surface area (Å²) in [5.41, 5.74) is 7.23. The molecule has 1 unspecified atom stereocenters. The van der Waals surface area contributed by atoms with Crippen molar-refractivity contribution >= 4 is 52.2 Å². The second-order valence-electron chi connectivity index (χ2n) is 8.38. The second kappa shape index (κ2) is 9.38. The molecule has 1 aliphatic rings. The minimum atomic E-state index is -4.44. The molecule has 3 aromatic rings. The summed E-state index contributed by atoms with van der Waals surface area (Å²) >= 11 is 12.8. The molecule has 11 heteroatoms. The predicted octanol–water partition coefficient (Wildman–Crippen LogP) is 6.58. The highest BCUT2D eigenvalue weighted by Gasteiger charge is 2.36. The normalized spacial score (nSPS) is 15.4. The molecule has 2 aromatic carbocycles. The summed E-state index contributed by atoms with van der Waals surface area (Å²) in [7, 11) is 0. The number of nitrogens with two attached hydrogens (primary N) is 1. The fourth-order valence-electron chi connectivity index (χ4n) is 3.75. The number of nitrogens with one attached hydrogen (secondary N) is 2. The lowest BCUT2D eigenvalue weighted by atomic mass is 10.1. The monoisotopic (exact) mass is 510 g/mol. The summed E-state index contributed by atoms with van der Waals surface area (Å²) < 4.78 is 39.4. The first-order valence-electron chi connectivity index (χ1n) is 10.6. The smallest absolute Gasteiger partial charge is 0.382 e. The molecule has 1 atom stereocenters. The lowest BCUT2D eigenvalue weighted by molar-refractivity contribution is -0.137. The lowest BCUT2D eigenvalue weighted by Crippen LogP contribution is -2.34. The number of benzene rings is 2. The number of hydrogen-bond donors (Lipinski definition) is 3. The van der Waals surface area contributed by atoms with Gasteiger partial charge in [-0.05, 0) is 47.9 Å². The van der Waals surface area contributed by atoms with Crippen LogP contribution in [0.4, 0.5) is 42.1 Å². The van der Waals surface area contributed by atoms with Crippen LogP contribution in [-0.2, 0) is 12.6 Å². The molecule has 0 amide bonds. The number of halogens is 5. The van der Waals surface area contributed by atoms with Crippen molar-refractivity contribution in [1.82, 2.24) is 9.97 Å². The molecule has 4 N–H and O–H groups in total. The molecule has 0 bridgehead atoms. The number of alkyl halides is 3. The topological polar surface area (TPSA) is 79.1 Å². The van der Waals surface area contributed by atoms with E-state index in [0.717, 1.165) is 12.1 Å². The van der Waals surface area contributed by atoms with Gasteiger partial charge in [0, 0.05) is 28.7 Å². The number of nitrogens with zero attached hydrogens (tertiary/aromatic N) is 3. The Kier molecular flexibility index (Phi) is 6.69. The van der Waals surface area contributed by atoms with Crippen LogP contribution in [0.2, 0.25) is 10.0 Å². The third-order valence-corrected chi connectivity index (χ3v) is 6.08. The summed E-state index contributed by atoms with van der Waals surface area (Å²) in [4.78, 5) is 10.7.